The van der Waals surface area contributed by atoms with E-state index in [1.165, 1.54) is 13.3 Å². The summed E-state index contributed by atoms with van der Waals surface area (Å²) in [5, 5.41) is 5.96. The van der Waals surface area contributed by atoms with Gasteiger partial charge in [-0.15, -0.1) is 0 Å². The highest BCUT2D eigenvalue weighted by molar-refractivity contribution is 5.96. The first-order valence-corrected chi connectivity index (χ1v) is 8.81. The molecular weight excluding hydrogens is 354 g/mol. The molecule has 0 bridgehead atoms. The lowest BCUT2D eigenvalue weighted by Gasteiger charge is -2.10. The Balaban J connectivity index is 1.65. The Morgan fingerprint density at radius 3 is 2.57 bits per heavy atom. The molecule has 3 rings (SSSR count). The Bertz CT molecular complexity index is 984. The summed E-state index contributed by atoms with van der Waals surface area (Å²) < 4.78 is 4.78. The molecule has 0 unspecified atom stereocenters. The third-order valence-corrected chi connectivity index (χ3v) is 4.16. The predicted octanol–water partition coefficient (Wildman–Crippen LogP) is 3.85. The molecule has 0 fully saturated rings. The van der Waals surface area contributed by atoms with Gasteiger partial charge < -0.3 is 15.4 Å². The first-order valence-electron chi connectivity index (χ1n) is 8.81. The SMILES string of the molecule is COC(=O)c1ccccc1Nc1ccc(C(=O)NCc2cccc(C)c2)cn1. The average Bonchev–Trinajstić information content (AvgIpc) is 2.72. The second-order valence-electron chi connectivity index (χ2n) is 6.27. The number of aromatic nitrogens is 1. The maximum atomic E-state index is 12.3. The van der Waals surface area contributed by atoms with E-state index in [0.29, 0.717) is 29.2 Å². The maximum absolute atomic E-state index is 12.3. The number of methoxy groups -OCH3 is 1. The first-order chi connectivity index (χ1) is 13.6. The van der Waals surface area contributed by atoms with Crippen molar-refractivity contribution < 1.29 is 14.3 Å². The molecule has 0 radical (unpaired) electrons. The van der Waals surface area contributed by atoms with Gasteiger partial charge in [0.2, 0.25) is 0 Å². The van der Waals surface area contributed by atoms with E-state index in [-0.39, 0.29) is 5.91 Å². The molecule has 3 aromatic rings. The Labute approximate surface area is 163 Å². The summed E-state index contributed by atoms with van der Waals surface area (Å²) in [6, 6.07) is 18.3. The van der Waals surface area contributed by atoms with Gasteiger partial charge in [0.1, 0.15) is 5.82 Å². The van der Waals surface area contributed by atoms with Gasteiger partial charge in [-0.25, -0.2) is 9.78 Å². The highest BCUT2D eigenvalue weighted by Gasteiger charge is 2.12. The van der Waals surface area contributed by atoms with Gasteiger partial charge in [0, 0.05) is 12.7 Å². The molecule has 1 amide bonds. The minimum Gasteiger partial charge on any atom is -0.465 e. The molecule has 0 aliphatic heterocycles. The molecule has 142 valence electrons. The number of esters is 1. The van der Waals surface area contributed by atoms with Crippen molar-refractivity contribution in [3.05, 3.63) is 89.1 Å². The van der Waals surface area contributed by atoms with Crippen LogP contribution in [0.5, 0.6) is 0 Å². The number of hydrogen-bond acceptors (Lipinski definition) is 5. The van der Waals surface area contributed by atoms with E-state index in [1.807, 2.05) is 37.3 Å². The Kier molecular flexibility index (Phi) is 6.01. The summed E-state index contributed by atoms with van der Waals surface area (Å²) in [7, 11) is 1.33. The van der Waals surface area contributed by atoms with E-state index in [1.54, 1.807) is 30.3 Å². The van der Waals surface area contributed by atoms with Crippen LogP contribution < -0.4 is 10.6 Å². The van der Waals surface area contributed by atoms with Gasteiger partial charge in [0.25, 0.3) is 5.91 Å². The summed E-state index contributed by atoms with van der Waals surface area (Å²) in [6.45, 7) is 2.46. The third kappa shape index (κ3) is 4.73. The number of benzene rings is 2. The fourth-order valence-corrected chi connectivity index (χ4v) is 2.73. The number of aryl methyl sites for hydroxylation is 1. The van der Waals surface area contributed by atoms with E-state index in [2.05, 4.69) is 15.6 Å². The number of para-hydroxylation sites is 1. The number of pyridine rings is 1. The van der Waals surface area contributed by atoms with Crippen molar-refractivity contribution in [2.24, 2.45) is 0 Å². The van der Waals surface area contributed by atoms with Gasteiger partial charge in [-0.3, -0.25) is 4.79 Å². The molecular formula is C22H21N3O3. The molecule has 0 aliphatic carbocycles. The number of hydrogen-bond donors (Lipinski definition) is 2. The largest absolute Gasteiger partial charge is 0.465 e. The monoisotopic (exact) mass is 375 g/mol. The summed E-state index contributed by atoms with van der Waals surface area (Å²) in [6.07, 6.45) is 1.49. The van der Waals surface area contributed by atoms with Gasteiger partial charge in [0.15, 0.2) is 0 Å². The van der Waals surface area contributed by atoms with Crippen molar-refractivity contribution in [2.75, 3.05) is 12.4 Å². The lowest BCUT2D eigenvalue weighted by atomic mass is 10.1. The number of nitrogens with zero attached hydrogens (tertiary/aromatic N) is 1. The molecule has 1 heterocycles. The van der Waals surface area contributed by atoms with Crippen molar-refractivity contribution in [3.8, 4) is 0 Å². The zero-order valence-electron chi connectivity index (χ0n) is 15.7. The standard InChI is InChI=1S/C22H21N3O3/c1-15-6-5-7-16(12-15)13-24-21(26)17-10-11-20(23-14-17)25-19-9-4-3-8-18(19)22(27)28-2/h3-12,14H,13H2,1-2H3,(H,23,25)(H,24,26). The smallest absolute Gasteiger partial charge is 0.339 e. The number of ether oxygens (including phenoxy) is 1. The van der Waals surface area contributed by atoms with Crippen molar-refractivity contribution in [3.63, 3.8) is 0 Å². The third-order valence-electron chi connectivity index (χ3n) is 4.16. The molecule has 2 N–H and O–H groups in total. The molecule has 0 spiro atoms. The minimum atomic E-state index is -0.435. The lowest BCUT2D eigenvalue weighted by molar-refractivity contribution is 0.0601. The number of amides is 1. The highest BCUT2D eigenvalue weighted by Crippen LogP contribution is 2.20. The topological polar surface area (TPSA) is 80.3 Å². The second kappa shape index (κ2) is 8.81. The first kappa shape index (κ1) is 19.1. The summed E-state index contributed by atoms with van der Waals surface area (Å²) in [4.78, 5) is 28.4. The number of anilines is 2. The van der Waals surface area contributed by atoms with Crippen molar-refractivity contribution in [1.29, 1.82) is 0 Å². The van der Waals surface area contributed by atoms with Gasteiger partial charge in [-0.2, -0.15) is 0 Å². The van der Waals surface area contributed by atoms with Crippen LogP contribution in [0, 0.1) is 6.92 Å². The van der Waals surface area contributed by atoms with Crippen LogP contribution in [0.2, 0.25) is 0 Å². The normalized spacial score (nSPS) is 10.2. The molecule has 28 heavy (non-hydrogen) atoms. The number of carbonyl (C=O) groups is 2. The van der Waals surface area contributed by atoms with Gasteiger partial charge in [-0.05, 0) is 36.8 Å². The molecule has 6 heteroatoms. The van der Waals surface area contributed by atoms with Gasteiger partial charge >= 0.3 is 5.97 Å². The molecule has 1 aromatic heterocycles. The van der Waals surface area contributed by atoms with Crippen LogP contribution in [0.25, 0.3) is 0 Å². The second-order valence-corrected chi connectivity index (χ2v) is 6.27. The number of nitrogens with one attached hydrogen (secondary N) is 2. The Morgan fingerprint density at radius 1 is 1.04 bits per heavy atom. The van der Waals surface area contributed by atoms with E-state index < -0.39 is 5.97 Å². The summed E-state index contributed by atoms with van der Waals surface area (Å²) >= 11 is 0. The van der Waals surface area contributed by atoms with Crippen LogP contribution in [-0.4, -0.2) is 24.0 Å². The average molecular weight is 375 g/mol. The summed E-state index contributed by atoms with van der Waals surface area (Å²) in [5.41, 5.74) is 3.64. The Hall–Kier alpha value is -3.67. The van der Waals surface area contributed by atoms with Crippen LogP contribution in [0.1, 0.15) is 31.8 Å². The lowest BCUT2D eigenvalue weighted by Crippen LogP contribution is -2.23. The molecule has 2 aromatic carbocycles. The molecule has 0 aliphatic rings. The van der Waals surface area contributed by atoms with Crippen molar-refractivity contribution in [1.82, 2.24) is 10.3 Å². The minimum absolute atomic E-state index is 0.199. The zero-order valence-corrected chi connectivity index (χ0v) is 15.7. The predicted molar refractivity (Wildman–Crippen MR) is 108 cm³/mol. The van der Waals surface area contributed by atoms with Crippen molar-refractivity contribution >= 4 is 23.4 Å². The van der Waals surface area contributed by atoms with Crippen LogP contribution in [0.3, 0.4) is 0 Å². The van der Waals surface area contributed by atoms with Crippen LogP contribution >= 0.6 is 0 Å². The van der Waals surface area contributed by atoms with E-state index in [4.69, 9.17) is 4.74 Å². The van der Waals surface area contributed by atoms with E-state index in [0.717, 1.165) is 11.1 Å². The number of carbonyl (C=O) groups excluding carboxylic acids is 2. The molecule has 0 saturated heterocycles. The number of rotatable bonds is 6. The van der Waals surface area contributed by atoms with E-state index in [9.17, 15) is 9.59 Å². The molecule has 6 nitrogen and oxygen atoms in total. The van der Waals surface area contributed by atoms with Gasteiger partial charge in [-0.1, -0.05) is 42.0 Å². The Morgan fingerprint density at radius 2 is 1.86 bits per heavy atom. The van der Waals surface area contributed by atoms with Crippen LogP contribution in [0.4, 0.5) is 11.5 Å². The van der Waals surface area contributed by atoms with Crippen LogP contribution in [0.15, 0.2) is 66.9 Å². The zero-order chi connectivity index (χ0) is 19.9. The van der Waals surface area contributed by atoms with Gasteiger partial charge in [0.05, 0.1) is 23.9 Å². The van der Waals surface area contributed by atoms with Crippen LogP contribution in [-0.2, 0) is 11.3 Å². The molecule has 0 saturated carbocycles. The van der Waals surface area contributed by atoms with E-state index >= 15 is 0 Å². The van der Waals surface area contributed by atoms with Crippen molar-refractivity contribution in [2.45, 2.75) is 13.5 Å². The quantitative estimate of drug-likeness (QED) is 0.640. The summed E-state index contributed by atoms with van der Waals surface area (Å²) in [5.74, 6) is -0.114. The fraction of sp³-hybridized carbons (Fsp3) is 0.136. The molecule has 0 atom stereocenters. The fourth-order valence-electron chi connectivity index (χ4n) is 2.73. The maximum Gasteiger partial charge on any atom is 0.339 e. The highest BCUT2D eigenvalue weighted by atomic mass is 16.5.